The van der Waals surface area contributed by atoms with Crippen molar-refractivity contribution in [2.24, 2.45) is 5.92 Å². The molecule has 49 heavy (non-hydrogen) atoms. The topological polar surface area (TPSA) is 155 Å². The molecule has 3 aliphatic carbocycles. The molecule has 2 aromatic carbocycles. The van der Waals surface area contributed by atoms with Crippen molar-refractivity contribution in [2.45, 2.75) is 118 Å². The number of aliphatic carboxylic acids is 2. The number of rotatable bonds is 9. The maximum absolute atomic E-state index is 11.5. The average molecular weight is 759 g/mol. The molecule has 2 aromatic rings. The van der Waals surface area contributed by atoms with Crippen LogP contribution in [0.2, 0.25) is 10.0 Å². The Morgan fingerprint density at radius 3 is 1.57 bits per heavy atom. The summed E-state index contributed by atoms with van der Waals surface area (Å²) in [7, 11) is -6.78. The molecule has 272 valence electrons. The first-order valence-corrected chi connectivity index (χ1v) is 21.5. The van der Waals surface area contributed by atoms with Crippen molar-refractivity contribution in [3.63, 3.8) is 0 Å². The molecule has 3 N–H and O–H groups in total. The molecular weight excluding hydrogens is 709 g/mol. The van der Waals surface area contributed by atoms with E-state index in [1.54, 1.807) is 6.08 Å². The number of hydrogen-bond donors (Lipinski definition) is 3. The molecule has 0 atom stereocenters. The molecule has 3 fully saturated rings. The first kappa shape index (κ1) is 41.0. The van der Waals surface area contributed by atoms with Gasteiger partial charge in [0.05, 0.1) is 31.8 Å². The molecule has 0 amide bonds. The number of nitrogens with one attached hydrogen (secondary N) is 1. The van der Waals surface area contributed by atoms with Crippen molar-refractivity contribution in [3.8, 4) is 0 Å². The Kier molecular flexibility index (Phi) is 16.1. The van der Waals surface area contributed by atoms with Gasteiger partial charge < -0.3 is 15.5 Å². The molecule has 0 radical (unpaired) electrons. The Morgan fingerprint density at radius 1 is 0.714 bits per heavy atom. The third-order valence-corrected chi connectivity index (χ3v) is 12.3. The van der Waals surface area contributed by atoms with E-state index in [-0.39, 0.29) is 37.7 Å². The molecule has 9 nitrogen and oxygen atoms in total. The van der Waals surface area contributed by atoms with Gasteiger partial charge in [0, 0.05) is 24.6 Å². The highest BCUT2D eigenvalue weighted by Crippen LogP contribution is 2.31. The van der Waals surface area contributed by atoms with E-state index in [0.717, 1.165) is 50.3 Å². The zero-order valence-electron chi connectivity index (χ0n) is 28.3. The fourth-order valence-electron chi connectivity index (χ4n) is 6.62. The van der Waals surface area contributed by atoms with Crippen LogP contribution in [0.4, 0.5) is 0 Å². The molecule has 0 bridgehead atoms. The molecule has 0 saturated heterocycles. The van der Waals surface area contributed by atoms with Crippen LogP contribution in [-0.4, -0.2) is 63.6 Å². The lowest BCUT2D eigenvalue weighted by Gasteiger charge is -2.30. The molecule has 0 heterocycles. The van der Waals surface area contributed by atoms with Crippen molar-refractivity contribution < 1.29 is 36.6 Å². The van der Waals surface area contributed by atoms with Crippen LogP contribution in [0.15, 0.2) is 52.3 Å². The fourth-order valence-corrected chi connectivity index (χ4v) is 9.30. The van der Waals surface area contributed by atoms with Crippen LogP contribution in [0.1, 0.15) is 101 Å². The van der Waals surface area contributed by atoms with E-state index >= 15 is 0 Å². The maximum Gasteiger partial charge on any atom is 0.335 e. The quantitative estimate of drug-likeness (QED) is 0.216. The number of allylic oxidation sites excluding steroid dienone is 1. The first-order chi connectivity index (χ1) is 23.0. The summed E-state index contributed by atoms with van der Waals surface area (Å²) in [5.74, 6) is -1.74. The van der Waals surface area contributed by atoms with Crippen molar-refractivity contribution in [3.05, 3.63) is 63.6 Å². The summed E-state index contributed by atoms with van der Waals surface area (Å²) in [6.45, 7) is 0. The van der Waals surface area contributed by atoms with Crippen molar-refractivity contribution in [1.82, 2.24) is 5.32 Å². The van der Waals surface area contributed by atoms with Gasteiger partial charge in [-0.2, -0.15) is 0 Å². The number of carboxylic acids is 2. The van der Waals surface area contributed by atoms with Crippen LogP contribution in [0.25, 0.3) is 5.57 Å². The summed E-state index contributed by atoms with van der Waals surface area (Å²) >= 11 is 11.7. The monoisotopic (exact) mass is 757 g/mol. The fraction of sp³-hybridized carbons (Fsp3) is 0.556. The molecule has 5 rings (SSSR count). The van der Waals surface area contributed by atoms with E-state index in [2.05, 4.69) is 5.32 Å². The number of halogens is 2. The average Bonchev–Trinajstić information content (AvgIpc) is 3.53. The van der Waals surface area contributed by atoms with E-state index in [0.29, 0.717) is 11.1 Å². The van der Waals surface area contributed by atoms with Crippen molar-refractivity contribution >= 4 is 60.4 Å². The lowest BCUT2D eigenvalue weighted by Crippen LogP contribution is -2.40. The summed E-state index contributed by atoms with van der Waals surface area (Å²) < 4.78 is 45.4. The van der Waals surface area contributed by atoms with Gasteiger partial charge >= 0.3 is 11.9 Å². The highest BCUT2D eigenvalue weighted by atomic mass is 35.5. The van der Waals surface area contributed by atoms with Crippen molar-refractivity contribution in [1.29, 1.82) is 0 Å². The molecule has 3 saturated carbocycles. The molecule has 3 aliphatic rings. The molecule has 0 aromatic heterocycles. The minimum atomic E-state index is -3.42. The van der Waals surface area contributed by atoms with Gasteiger partial charge in [-0.25, -0.2) is 21.6 Å². The zero-order chi connectivity index (χ0) is 36.2. The standard InChI is InChI=1S/C15H17ClO4S.C12H23N.C9H9ClO4S/c1-21(19,20)14-7-6-11(9-13(14)16)12(15(17)18)8-10-4-2-3-5-10;1-3-7-11(8-4-1)13-12-9-5-2-6-10-12;1-15(13,14)8-3-2-6(4-7(8)10)5-9(11)12/h6-10H,2-5H2,1H3,(H,17,18);11-13H,1-10H2;2-4H,5H2,1H3,(H,11,12)/b12-8+;;. The minimum absolute atomic E-state index is 0.0123. The van der Waals surface area contributed by atoms with E-state index in [1.165, 1.54) is 101 Å². The van der Waals surface area contributed by atoms with Gasteiger partial charge in [0.2, 0.25) is 0 Å². The van der Waals surface area contributed by atoms with Crippen LogP contribution in [-0.2, 0) is 35.7 Å². The van der Waals surface area contributed by atoms with Crippen LogP contribution < -0.4 is 5.32 Å². The van der Waals surface area contributed by atoms with Crippen molar-refractivity contribution in [2.75, 3.05) is 12.5 Å². The zero-order valence-corrected chi connectivity index (χ0v) is 31.4. The summed E-state index contributed by atoms with van der Waals surface area (Å²) in [6.07, 6.45) is 22.5. The summed E-state index contributed by atoms with van der Waals surface area (Å²) in [5, 5.41) is 21.9. The third kappa shape index (κ3) is 14.0. The second-order valence-corrected chi connectivity index (χ2v) is 18.1. The summed E-state index contributed by atoms with van der Waals surface area (Å²) in [4.78, 5) is 21.9. The minimum Gasteiger partial charge on any atom is -0.481 e. The molecule has 0 aliphatic heterocycles. The number of sulfone groups is 2. The molecule has 0 unspecified atom stereocenters. The predicted octanol–water partition coefficient (Wildman–Crippen LogP) is 8.01. The highest BCUT2D eigenvalue weighted by molar-refractivity contribution is 7.91. The smallest absolute Gasteiger partial charge is 0.335 e. The van der Waals surface area contributed by atoms with Crippen LogP contribution in [0, 0.1) is 5.92 Å². The van der Waals surface area contributed by atoms with Crippen LogP contribution in [0.3, 0.4) is 0 Å². The number of benzene rings is 2. The van der Waals surface area contributed by atoms with Gasteiger partial charge in [-0.05, 0) is 79.8 Å². The Balaban J connectivity index is 0.000000206. The van der Waals surface area contributed by atoms with E-state index in [9.17, 15) is 31.5 Å². The van der Waals surface area contributed by atoms with Gasteiger partial charge in [0.25, 0.3) is 0 Å². The second kappa shape index (κ2) is 19.2. The highest BCUT2D eigenvalue weighted by Gasteiger charge is 2.21. The Labute approximate surface area is 301 Å². The van der Waals surface area contributed by atoms with Gasteiger partial charge in [-0.1, -0.05) is 92.8 Å². The lowest BCUT2D eigenvalue weighted by molar-refractivity contribution is -0.136. The van der Waals surface area contributed by atoms with Crippen LogP contribution in [0.5, 0.6) is 0 Å². The lowest BCUT2D eigenvalue weighted by atomic mass is 9.91. The third-order valence-electron chi connectivity index (χ3n) is 9.11. The Hall–Kier alpha value is -2.44. The largest absolute Gasteiger partial charge is 0.481 e. The van der Waals surface area contributed by atoms with E-state index < -0.39 is 31.6 Å². The molecular formula is C36H49Cl2NO8S2. The van der Waals surface area contributed by atoms with Gasteiger partial charge in [-0.3, -0.25) is 4.79 Å². The number of carboxylic acid groups (broad SMARTS) is 2. The van der Waals surface area contributed by atoms with Gasteiger partial charge in [-0.15, -0.1) is 0 Å². The predicted molar refractivity (Wildman–Crippen MR) is 195 cm³/mol. The van der Waals surface area contributed by atoms with Gasteiger partial charge in [0.1, 0.15) is 0 Å². The first-order valence-electron chi connectivity index (χ1n) is 17.0. The van der Waals surface area contributed by atoms with E-state index in [4.69, 9.17) is 28.3 Å². The molecule has 0 spiro atoms. The summed E-state index contributed by atoms with van der Waals surface area (Å²) in [5.41, 5.74) is 1.09. The maximum atomic E-state index is 11.5. The number of hydrogen-bond acceptors (Lipinski definition) is 7. The number of carbonyl (C=O) groups is 2. The normalized spacial score (nSPS) is 18.2. The SMILES string of the molecule is C1CCC(NC2CCCCC2)CC1.CS(=O)(=O)c1ccc(/C(=C\C2CCCC2)C(=O)O)cc1Cl.CS(=O)(=O)c1ccc(CC(=O)O)cc1Cl. The summed E-state index contributed by atoms with van der Waals surface area (Å²) in [6, 6.07) is 10.1. The molecule has 13 heteroatoms. The van der Waals surface area contributed by atoms with E-state index in [1.807, 2.05) is 0 Å². The Morgan fingerprint density at radius 2 is 1.16 bits per heavy atom. The second-order valence-electron chi connectivity index (χ2n) is 13.3. The van der Waals surface area contributed by atoms with Crippen LogP contribution >= 0.6 is 23.2 Å². The Bertz CT molecular complexity index is 1660. The van der Waals surface area contributed by atoms with Gasteiger partial charge in [0.15, 0.2) is 19.7 Å².